The molecule has 14 heavy (non-hydrogen) atoms. The van der Waals surface area contributed by atoms with Crippen molar-refractivity contribution in [2.45, 2.75) is 6.54 Å². The minimum absolute atomic E-state index is 0.506. The van der Waals surface area contributed by atoms with Crippen molar-refractivity contribution in [3.8, 4) is 0 Å². The van der Waals surface area contributed by atoms with Gasteiger partial charge in [-0.1, -0.05) is 5.21 Å². The van der Waals surface area contributed by atoms with E-state index in [1.54, 1.807) is 10.9 Å². The molecule has 2 amide bonds. The average Bonchev–Trinajstić information content (AvgIpc) is 2.51. The summed E-state index contributed by atoms with van der Waals surface area (Å²) < 4.78 is 1.69. The van der Waals surface area contributed by atoms with Gasteiger partial charge in [-0.3, -0.25) is 4.68 Å². The highest BCUT2D eigenvalue weighted by Crippen LogP contribution is 1.90. The van der Waals surface area contributed by atoms with Gasteiger partial charge in [-0.15, -0.1) is 5.10 Å². The van der Waals surface area contributed by atoms with E-state index in [1.807, 2.05) is 7.05 Å². The molecule has 0 aliphatic rings. The molecule has 0 unspecified atom stereocenters. The lowest BCUT2D eigenvalue weighted by Crippen LogP contribution is -2.35. The molecule has 0 aromatic carbocycles. The standard InChI is InChI=1S/C7H14N6O/c1-13-6(5-11-12-13)4-9-2-3-10-7(8)14/h5,9H,2-4H2,1H3,(H3,8,10,14). The van der Waals surface area contributed by atoms with Crippen molar-refractivity contribution in [2.24, 2.45) is 12.8 Å². The fourth-order valence-electron chi connectivity index (χ4n) is 0.962. The van der Waals surface area contributed by atoms with E-state index in [1.165, 1.54) is 0 Å². The van der Waals surface area contributed by atoms with Gasteiger partial charge in [-0.05, 0) is 0 Å². The van der Waals surface area contributed by atoms with Crippen LogP contribution in [0.2, 0.25) is 0 Å². The van der Waals surface area contributed by atoms with Crippen LogP contribution < -0.4 is 16.4 Å². The summed E-state index contributed by atoms with van der Waals surface area (Å²) in [5.74, 6) is 0. The highest BCUT2D eigenvalue weighted by Gasteiger charge is 1.98. The lowest BCUT2D eigenvalue weighted by molar-refractivity contribution is 0.249. The Morgan fingerprint density at radius 3 is 3.00 bits per heavy atom. The summed E-state index contributed by atoms with van der Waals surface area (Å²) in [6.45, 7) is 1.85. The van der Waals surface area contributed by atoms with Crippen LogP contribution in [-0.2, 0) is 13.6 Å². The van der Waals surface area contributed by atoms with Gasteiger partial charge < -0.3 is 16.4 Å². The van der Waals surface area contributed by atoms with E-state index in [-0.39, 0.29) is 0 Å². The number of amides is 2. The fraction of sp³-hybridized carbons (Fsp3) is 0.571. The van der Waals surface area contributed by atoms with Crippen LogP contribution in [0, 0.1) is 0 Å². The van der Waals surface area contributed by atoms with Gasteiger partial charge in [-0.25, -0.2) is 4.79 Å². The first kappa shape index (κ1) is 10.5. The molecule has 0 aliphatic heterocycles. The predicted molar refractivity (Wildman–Crippen MR) is 50.3 cm³/mol. The molecular weight excluding hydrogens is 184 g/mol. The Kier molecular flexibility index (Phi) is 3.86. The van der Waals surface area contributed by atoms with Crippen molar-refractivity contribution in [3.63, 3.8) is 0 Å². The Bertz CT molecular complexity index is 296. The number of aryl methyl sites for hydroxylation is 1. The Morgan fingerprint density at radius 2 is 2.43 bits per heavy atom. The second kappa shape index (κ2) is 5.18. The number of primary amides is 1. The maximum Gasteiger partial charge on any atom is 0.312 e. The largest absolute Gasteiger partial charge is 0.352 e. The van der Waals surface area contributed by atoms with Gasteiger partial charge in [0, 0.05) is 26.7 Å². The van der Waals surface area contributed by atoms with Crippen molar-refractivity contribution in [2.75, 3.05) is 13.1 Å². The van der Waals surface area contributed by atoms with E-state index in [0.717, 1.165) is 5.69 Å². The van der Waals surface area contributed by atoms with Gasteiger partial charge in [0.05, 0.1) is 11.9 Å². The molecule has 0 spiro atoms. The van der Waals surface area contributed by atoms with Crippen molar-refractivity contribution in [1.29, 1.82) is 0 Å². The summed E-state index contributed by atoms with van der Waals surface area (Å²) in [5.41, 5.74) is 5.88. The number of aromatic nitrogens is 3. The van der Waals surface area contributed by atoms with Crippen LogP contribution in [0.5, 0.6) is 0 Å². The van der Waals surface area contributed by atoms with E-state index < -0.39 is 6.03 Å². The Labute approximate surface area is 81.7 Å². The number of nitrogens with one attached hydrogen (secondary N) is 2. The minimum Gasteiger partial charge on any atom is -0.352 e. The lowest BCUT2D eigenvalue weighted by atomic mass is 10.4. The molecule has 7 heteroatoms. The zero-order valence-corrected chi connectivity index (χ0v) is 8.03. The number of urea groups is 1. The molecule has 7 nitrogen and oxygen atoms in total. The van der Waals surface area contributed by atoms with Crippen molar-refractivity contribution >= 4 is 6.03 Å². The molecule has 0 atom stereocenters. The smallest absolute Gasteiger partial charge is 0.312 e. The molecule has 0 saturated heterocycles. The maximum atomic E-state index is 10.3. The minimum atomic E-state index is -0.506. The van der Waals surface area contributed by atoms with Crippen LogP contribution in [-0.4, -0.2) is 34.1 Å². The van der Waals surface area contributed by atoms with Crippen LogP contribution in [0.1, 0.15) is 5.69 Å². The van der Waals surface area contributed by atoms with E-state index in [4.69, 9.17) is 5.73 Å². The molecule has 0 radical (unpaired) electrons. The summed E-state index contributed by atoms with van der Waals surface area (Å²) in [6.07, 6.45) is 1.69. The number of carbonyl (C=O) groups excluding carboxylic acids is 1. The summed E-state index contributed by atoms with van der Waals surface area (Å²) in [7, 11) is 1.83. The number of rotatable bonds is 5. The van der Waals surface area contributed by atoms with Gasteiger partial charge in [0.15, 0.2) is 0 Å². The molecule has 1 aromatic heterocycles. The molecule has 1 rings (SSSR count). The van der Waals surface area contributed by atoms with E-state index in [9.17, 15) is 4.79 Å². The normalized spacial score (nSPS) is 10.1. The third kappa shape index (κ3) is 3.40. The van der Waals surface area contributed by atoms with Crippen LogP contribution in [0.25, 0.3) is 0 Å². The van der Waals surface area contributed by atoms with Crippen LogP contribution >= 0.6 is 0 Å². The SMILES string of the molecule is Cn1nncc1CNCCNC(N)=O. The Balaban J connectivity index is 2.10. The number of nitrogens with two attached hydrogens (primary N) is 1. The summed E-state index contributed by atoms with van der Waals surface area (Å²) in [6, 6.07) is -0.506. The molecule has 4 N–H and O–H groups in total. The molecule has 0 fully saturated rings. The molecular formula is C7H14N6O. The van der Waals surface area contributed by atoms with Gasteiger partial charge in [0.1, 0.15) is 0 Å². The third-order valence-corrected chi connectivity index (χ3v) is 1.72. The summed E-state index contributed by atoms with van der Waals surface area (Å²) in [5, 5.41) is 13.1. The monoisotopic (exact) mass is 198 g/mol. The molecule has 1 aromatic rings. The zero-order chi connectivity index (χ0) is 10.4. The fourth-order valence-corrected chi connectivity index (χ4v) is 0.962. The first-order valence-corrected chi connectivity index (χ1v) is 4.27. The first-order chi connectivity index (χ1) is 6.70. The average molecular weight is 198 g/mol. The van der Waals surface area contributed by atoms with Crippen LogP contribution in [0.4, 0.5) is 4.79 Å². The molecule has 0 saturated carbocycles. The number of hydrogen-bond donors (Lipinski definition) is 3. The predicted octanol–water partition coefficient (Wildman–Crippen LogP) is -1.43. The van der Waals surface area contributed by atoms with E-state index in [2.05, 4.69) is 20.9 Å². The molecule has 0 aliphatic carbocycles. The highest BCUT2D eigenvalue weighted by atomic mass is 16.2. The zero-order valence-electron chi connectivity index (χ0n) is 8.03. The van der Waals surface area contributed by atoms with Crippen molar-refractivity contribution in [1.82, 2.24) is 25.6 Å². The second-order valence-corrected chi connectivity index (χ2v) is 2.82. The Hall–Kier alpha value is -1.63. The summed E-state index contributed by atoms with van der Waals surface area (Å²) in [4.78, 5) is 10.3. The summed E-state index contributed by atoms with van der Waals surface area (Å²) >= 11 is 0. The first-order valence-electron chi connectivity index (χ1n) is 4.27. The Morgan fingerprint density at radius 1 is 1.64 bits per heavy atom. The number of hydrogen-bond acceptors (Lipinski definition) is 4. The molecule has 0 bridgehead atoms. The van der Waals surface area contributed by atoms with Crippen molar-refractivity contribution < 1.29 is 4.79 Å². The van der Waals surface area contributed by atoms with Gasteiger partial charge in [-0.2, -0.15) is 0 Å². The van der Waals surface area contributed by atoms with Gasteiger partial charge in [0.25, 0.3) is 0 Å². The third-order valence-electron chi connectivity index (χ3n) is 1.72. The maximum absolute atomic E-state index is 10.3. The molecule has 78 valence electrons. The second-order valence-electron chi connectivity index (χ2n) is 2.82. The number of carbonyl (C=O) groups is 1. The lowest BCUT2D eigenvalue weighted by Gasteiger charge is -2.04. The van der Waals surface area contributed by atoms with Crippen LogP contribution in [0.3, 0.4) is 0 Å². The van der Waals surface area contributed by atoms with Crippen molar-refractivity contribution in [3.05, 3.63) is 11.9 Å². The van der Waals surface area contributed by atoms with Gasteiger partial charge in [0.2, 0.25) is 0 Å². The highest BCUT2D eigenvalue weighted by molar-refractivity contribution is 5.71. The van der Waals surface area contributed by atoms with Crippen LogP contribution in [0.15, 0.2) is 6.20 Å². The van der Waals surface area contributed by atoms with E-state index >= 15 is 0 Å². The quantitative estimate of drug-likeness (QED) is 0.505. The molecule has 1 heterocycles. The van der Waals surface area contributed by atoms with E-state index in [0.29, 0.717) is 19.6 Å². The number of nitrogens with zero attached hydrogens (tertiary/aromatic N) is 3. The topological polar surface area (TPSA) is 97.9 Å². The van der Waals surface area contributed by atoms with Gasteiger partial charge >= 0.3 is 6.03 Å².